The molecule has 0 saturated heterocycles. The molecule has 0 fully saturated rings. The van der Waals surface area contributed by atoms with E-state index in [0.717, 1.165) is 11.1 Å². The van der Waals surface area contributed by atoms with Crippen molar-refractivity contribution in [2.24, 2.45) is 7.05 Å². The Kier molecular flexibility index (Phi) is 6.74. The Labute approximate surface area is 185 Å². The van der Waals surface area contributed by atoms with Gasteiger partial charge in [0.15, 0.2) is 5.82 Å². The number of thiophene rings is 1. The van der Waals surface area contributed by atoms with Crippen LogP contribution in [0.15, 0.2) is 48.1 Å². The quantitative estimate of drug-likeness (QED) is 0.583. The number of rotatable bonds is 7. The zero-order chi connectivity index (χ0) is 22.6. The molecule has 0 spiro atoms. The van der Waals surface area contributed by atoms with Crippen LogP contribution >= 0.6 is 11.3 Å². The minimum Gasteiger partial charge on any atom is -0.465 e. The van der Waals surface area contributed by atoms with E-state index in [1.807, 2.05) is 56.5 Å². The van der Waals surface area contributed by atoms with Crippen LogP contribution in [0.1, 0.15) is 36.0 Å². The van der Waals surface area contributed by atoms with E-state index in [-0.39, 0.29) is 18.5 Å². The Balaban J connectivity index is 1.80. The Hall–Kier alpha value is -3.20. The summed E-state index contributed by atoms with van der Waals surface area (Å²) in [5, 5.41) is 18.7. The van der Waals surface area contributed by atoms with Crippen molar-refractivity contribution >= 4 is 23.3 Å². The second kappa shape index (κ2) is 9.30. The van der Waals surface area contributed by atoms with Gasteiger partial charge in [0.25, 0.3) is 5.91 Å². The lowest BCUT2D eigenvalue weighted by Gasteiger charge is -2.36. The summed E-state index contributed by atoms with van der Waals surface area (Å²) in [4.78, 5) is 31.0. The van der Waals surface area contributed by atoms with Gasteiger partial charge in [-0.25, -0.2) is 14.5 Å². The van der Waals surface area contributed by atoms with Crippen molar-refractivity contribution in [3.8, 4) is 11.4 Å². The molecule has 8 nitrogen and oxygen atoms in total. The maximum atomic E-state index is 13.0. The van der Waals surface area contributed by atoms with Gasteiger partial charge in [-0.15, -0.1) is 11.3 Å². The van der Waals surface area contributed by atoms with Crippen molar-refractivity contribution < 1.29 is 14.7 Å². The van der Waals surface area contributed by atoms with Gasteiger partial charge in [-0.1, -0.05) is 30.3 Å². The van der Waals surface area contributed by atoms with Crippen LogP contribution in [-0.4, -0.2) is 54.9 Å². The third kappa shape index (κ3) is 5.69. The predicted molar refractivity (Wildman–Crippen MR) is 120 cm³/mol. The third-order valence-corrected chi connectivity index (χ3v) is 5.83. The molecule has 9 heteroatoms. The fraction of sp³-hybridized carbons (Fsp3) is 0.364. The summed E-state index contributed by atoms with van der Waals surface area (Å²) in [6, 6.07) is 11.1. The zero-order valence-corrected chi connectivity index (χ0v) is 18.9. The second-order valence-corrected chi connectivity index (χ2v) is 9.24. The molecule has 1 aromatic carbocycles. The van der Waals surface area contributed by atoms with Crippen LogP contribution in [0.2, 0.25) is 0 Å². The lowest BCUT2D eigenvalue weighted by Crippen LogP contribution is -2.53. The van der Waals surface area contributed by atoms with Crippen LogP contribution in [-0.2, 0) is 13.5 Å². The standard InChI is InChI=1S/C22H27N5O3S/c1-22(2,3)27(21(29)30)12-17(10-15-8-6-5-7-9-15)25-20(28)18-11-16(13-31-18)19-23-14-24-26(19)4/h5-9,11,13-14,17H,10,12H2,1-4H3,(H,25,28)(H,29,30)/t17-/m1/s1. The number of benzene rings is 1. The van der Waals surface area contributed by atoms with Crippen LogP contribution in [0.25, 0.3) is 11.4 Å². The second-order valence-electron chi connectivity index (χ2n) is 8.33. The average molecular weight is 442 g/mol. The van der Waals surface area contributed by atoms with E-state index >= 15 is 0 Å². The maximum Gasteiger partial charge on any atom is 0.407 e. The largest absolute Gasteiger partial charge is 0.465 e. The fourth-order valence-corrected chi connectivity index (χ4v) is 4.09. The van der Waals surface area contributed by atoms with Gasteiger partial charge in [-0.2, -0.15) is 5.10 Å². The smallest absolute Gasteiger partial charge is 0.407 e. The highest BCUT2D eigenvalue weighted by Crippen LogP contribution is 2.24. The average Bonchev–Trinajstić information content (AvgIpc) is 3.34. The molecule has 3 rings (SSSR count). The maximum absolute atomic E-state index is 13.0. The van der Waals surface area contributed by atoms with E-state index in [2.05, 4.69) is 15.4 Å². The number of carbonyl (C=O) groups is 2. The van der Waals surface area contributed by atoms with Gasteiger partial charge >= 0.3 is 6.09 Å². The topological polar surface area (TPSA) is 100 Å². The number of carbonyl (C=O) groups excluding carboxylic acids is 1. The first-order valence-corrected chi connectivity index (χ1v) is 10.8. The molecule has 2 aromatic heterocycles. The van der Waals surface area contributed by atoms with E-state index < -0.39 is 11.6 Å². The van der Waals surface area contributed by atoms with E-state index in [0.29, 0.717) is 17.1 Å². The molecule has 0 aliphatic heterocycles. The summed E-state index contributed by atoms with van der Waals surface area (Å²) < 4.78 is 1.65. The van der Waals surface area contributed by atoms with Gasteiger partial charge < -0.3 is 15.3 Å². The molecular formula is C22H27N5O3S. The van der Waals surface area contributed by atoms with Gasteiger partial charge in [-0.3, -0.25) is 4.79 Å². The molecule has 0 saturated carbocycles. The van der Waals surface area contributed by atoms with Gasteiger partial charge in [-0.05, 0) is 38.8 Å². The first-order chi connectivity index (χ1) is 14.6. The summed E-state index contributed by atoms with van der Waals surface area (Å²) in [6.07, 6.45) is 0.976. The Morgan fingerprint density at radius 1 is 1.26 bits per heavy atom. The van der Waals surface area contributed by atoms with E-state index in [1.165, 1.54) is 22.6 Å². The molecule has 2 heterocycles. The third-order valence-electron chi connectivity index (χ3n) is 4.90. The molecule has 1 atom stereocenters. The van der Waals surface area contributed by atoms with E-state index in [4.69, 9.17) is 0 Å². The van der Waals surface area contributed by atoms with Crippen molar-refractivity contribution in [3.63, 3.8) is 0 Å². The molecule has 0 aliphatic carbocycles. The SMILES string of the molecule is Cn1ncnc1-c1csc(C(=O)N[C@H](Cc2ccccc2)CN(C(=O)O)C(C)(C)C)c1. The molecule has 0 bridgehead atoms. The molecule has 2 N–H and O–H groups in total. The minimum absolute atomic E-state index is 0.182. The number of hydrogen-bond donors (Lipinski definition) is 2. The van der Waals surface area contributed by atoms with Crippen molar-refractivity contribution in [1.82, 2.24) is 25.0 Å². The number of carboxylic acid groups (broad SMARTS) is 1. The molecule has 2 amide bonds. The number of amides is 2. The highest BCUT2D eigenvalue weighted by molar-refractivity contribution is 7.12. The Morgan fingerprint density at radius 2 is 1.97 bits per heavy atom. The first-order valence-electron chi connectivity index (χ1n) is 9.93. The van der Waals surface area contributed by atoms with E-state index in [9.17, 15) is 14.7 Å². The number of aromatic nitrogens is 3. The first kappa shape index (κ1) is 22.5. The number of nitrogens with zero attached hydrogens (tertiary/aromatic N) is 4. The summed E-state index contributed by atoms with van der Waals surface area (Å²) in [6.45, 7) is 5.71. The van der Waals surface area contributed by atoms with Gasteiger partial charge in [0, 0.05) is 30.1 Å². The summed E-state index contributed by atoms with van der Waals surface area (Å²) in [7, 11) is 1.79. The molecular weight excluding hydrogens is 414 g/mol. The van der Waals surface area contributed by atoms with Gasteiger partial charge in [0.05, 0.1) is 10.9 Å². The van der Waals surface area contributed by atoms with Gasteiger partial charge in [0.2, 0.25) is 0 Å². The highest BCUT2D eigenvalue weighted by atomic mass is 32.1. The molecule has 164 valence electrons. The lowest BCUT2D eigenvalue weighted by atomic mass is 10.0. The van der Waals surface area contributed by atoms with Crippen molar-refractivity contribution in [2.75, 3.05) is 6.54 Å². The van der Waals surface area contributed by atoms with Crippen LogP contribution in [0.5, 0.6) is 0 Å². The van der Waals surface area contributed by atoms with Crippen LogP contribution in [0.4, 0.5) is 4.79 Å². The highest BCUT2D eigenvalue weighted by Gasteiger charge is 2.30. The van der Waals surface area contributed by atoms with E-state index in [1.54, 1.807) is 17.8 Å². The Morgan fingerprint density at radius 3 is 2.55 bits per heavy atom. The molecule has 0 unspecified atom stereocenters. The molecule has 3 aromatic rings. The number of hydrogen-bond acceptors (Lipinski definition) is 5. The summed E-state index contributed by atoms with van der Waals surface area (Å²) in [5.74, 6) is 0.444. The monoisotopic (exact) mass is 441 g/mol. The normalized spacial score (nSPS) is 12.4. The predicted octanol–water partition coefficient (Wildman–Crippen LogP) is 3.66. The molecule has 0 radical (unpaired) electrons. The lowest BCUT2D eigenvalue weighted by molar-refractivity contribution is 0.0824. The van der Waals surface area contributed by atoms with Crippen molar-refractivity contribution in [1.29, 1.82) is 0 Å². The van der Waals surface area contributed by atoms with Crippen LogP contribution in [0, 0.1) is 0 Å². The van der Waals surface area contributed by atoms with Crippen molar-refractivity contribution in [2.45, 2.75) is 38.8 Å². The van der Waals surface area contributed by atoms with Crippen LogP contribution < -0.4 is 5.32 Å². The molecule has 0 aliphatic rings. The van der Waals surface area contributed by atoms with Gasteiger partial charge in [0.1, 0.15) is 6.33 Å². The summed E-state index contributed by atoms with van der Waals surface area (Å²) in [5.41, 5.74) is 1.25. The zero-order valence-electron chi connectivity index (χ0n) is 18.1. The minimum atomic E-state index is -1.01. The number of aryl methyl sites for hydroxylation is 1. The summed E-state index contributed by atoms with van der Waals surface area (Å²) >= 11 is 1.32. The number of nitrogens with one attached hydrogen (secondary N) is 1. The van der Waals surface area contributed by atoms with Crippen LogP contribution in [0.3, 0.4) is 0 Å². The van der Waals surface area contributed by atoms with Crippen molar-refractivity contribution in [3.05, 3.63) is 58.5 Å². The fourth-order valence-electron chi connectivity index (χ4n) is 3.31. The molecule has 31 heavy (non-hydrogen) atoms. The Bertz CT molecular complexity index is 1040.